The topological polar surface area (TPSA) is 69.0 Å². The summed E-state index contributed by atoms with van der Waals surface area (Å²) in [6.45, 7) is 3.81. The number of anilines is 1. The Balaban J connectivity index is 1.75. The Morgan fingerprint density at radius 1 is 1.16 bits per heavy atom. The van der Waals surface area contributed by atoms with Crippen LogP contribution in [-0.4, -0.2) is 28.0 Å². The normalized spacial score (nSPS) is 11.8. The van der Waals surface area contributed by atoms with Gasteiger partial charge in [0.05, 0.1) is 19.0 Å². The Kier molecular flexibility index (Phi) is 4.79. The summed E-state index contributed by atoms with van der Waals surface area (Å²) in [7, 11) is 1.57. The van der Waals surface area contributed by atoms with Crippen LogP contribution in [0.15, 0.2) is 54.7 Å². The third-order valence-electron chi connectivity index (χ3n) is 4.00. The van der Waals surface area contributed by atoms with Crippen molar-refractivity contribution < 1.29 is 9.53 Å². The average molecular weight is 336 g/mol. The largest absolute Gasteiger partial charge is 0.495 e. The second-order valence-corrected chi connectivity index (χ2v) is 5.82. The zero-order chi connectivity index (χ0) is 17.8. The fraction of sp³-hybridized carbons (Fsp3) is 0.211. The number of aryl methyl sites for hydroxylation is 1. The van der Waals surface area contributed by atoms with Gasteiger partial charge in [-0.1, -0.05) is 47.2 Å². The van der Waals surface area contributed by atoms with Crippen LogP contribution in [0.3, 0.4) is 0 Å². The molecule has 3 aromatic rings. The zero-order valence-electron chi connectivity index (χ0n) is 14.4. The highest BCUT2D eigenvalue weighted by atomic mass is 16.5. The highest BCUT2D eigenvalue weighted by Crippen LogP contribution is 2.24. The van der Waals surface area contributed by atoms with Crippen molar-refractivity contribution in [1.82, 2.24) is 15.0 Å². The van der Waals surface area contributed by atoms with Gasteiger partial charge in [0, 0.05) is 5.56 Å². The van der Waals surface area contributed by atoms with Gasteiger partial charge in [-0.15, -0.1) is 5.10 Å². The molecule has 0 saturated carbocycles. The monoisotopic (exact) mass is 336 g/mol. The van der Waals surface area contributed by atoms with Crippen LogP contribution < -0.4 is 10.1 Å². The van der Waals surface area contributed by atoms with Crippen molar-refractivity contribution in [3.63, 3.8) is 0 Å². The molecule has 6 heteroatoms. The van der Waals surface area contributed by atoms with Crippen molar-refractivity contribution in [3.05, 3.63) is 60.3 Å². The molecule has 1 aromatic heterocycles. The van der Waals surface area contributed by atoms with Crippen LogP contribution in [0.1, 0.15) is 18.5 Å². The summed E-state index contributed by atoms with van der Waals surface area (Å²) in [5.74, 6) is 0.423. The number of nitrogens with one attached hydrogen (secondary N) is 1. The molecule has 0 bridgehead atoms. The summed E-state index contributed by atoms with van der Waals surface area (Å²) in [5.41, 5.74) is 3.51. The highest BCUT2D eigenvalue weighted by Gasteiger charge is 2.18. The van der Waals surface area contributed by atoms with Crippen molar-refractivity contribution >= 4 is 11.6 Å². The number of amides is 1. The number of rotatable bonds is 5. The van der Waals surface area contributed by atoms with E-state index >= 15 is 0 Å². The van der Waals surface area contributed by atoms with Crippen molar-refractivity contribution in [2.75, 3.05) is 12.4 Å². The molecule has 1 heterocycles. The molecule has 25 heavy (non-hydrogen) atoms. The van der Waals surface area contributed by atoms with Crippen LogP contribution in [0.25, 0.3) is 11.3 Å². The minimum absolute atomic E-state index is 0.190. The predicted octanol–water partition coefficient (Wildman–Crippen LogP) is 3.46. The third kappa shape index (κ3) is 3.68. The second kappa shape index (κ2) is 7.17. The molecule has 0 aliphatic rings. The summed E-state index contributed by atoms with van der Waals surface area (Å²) in [5, 5.41) is 11.1. The third-order valence-corrected chi connectivity index (χ3v) is 4.00. The van der Waals surface area contributed by atoms with Gasteiger partial charge in [0.15, 0.2) is 0 Å². The molecule has 6 nitrogen and oxygen atoms in total. The Morgan fingerprint density at radius 2 is 1.88 bits per heavy atom. The molecule has 0 aliphatic heterocycles. The molecular formula is C19H20N4O2. The average Bonchev–Trinajstić information content (AvgIpc) is 3.12. The number of methoxy groups -OCH3 is 1. The molecule has 1 N–H and O–H groups in total. The van der Waals surface area contributed by atoms with Gasteiger partial charge in [-0.3, -0.25) is 4.79 Å². The fourth-order valence-electron chi connectivity index (χ4n) is 2.43. The maximum Gasteiger partial charge on any atom is 0.249 e. The van der Waals surface area contributed by atoms with E-state index in [0.717, 1.165) is 11.3 Å². The van der Waals surface area contributed by atoms with E-state index in [1.807, 2.05) is 43.3 Å². The number of para-hydroxylation sites is 2. The van der Waals surface area contributed by atoms with E-state index in [9.17, 15) is 4.79 Å². The van der Waals surface area contributed by atoms with Gasteiger partial charge >= 0.3 is 0 Å². The number of aromatic nitrogens is 3. The minimum atomic E-state index is -0.503. The molecule has 1 amide bonds. The molecule has 0 saturated heterocycles. The molecule has 0 radical (unpaired) electrons. The molecule has 2 aromatic carbocycles. The van der Waals surface area contributed by atoms with Gasteiger partial charge in [0.1, 0.15) is 17.5 Å². The Morgan fingerprint density at radius 3 is 2.60 bits per heavy atom. The van der Waals surface area contributed by atoms with Gasteiger partial charge in [0.2, 0.25) is 5.91 Å². The van der Waals surface area contributed by atoms with E-state index in [-0.39, 0.29) is 5.91 Å². The van der Waals surface area contributed by atoms with Crippen LogP contribution in [0.4, 0.5) is 5.69 Å². The van der Waals surface area contributed by atoms with E-state index in [1.54, 1.807) is 37.0 Å². The summed E-state index contributed by atoms with van der Waals surface area (Å²) >= 11 is 0. The molecule has 0 spiro atoms. The van der Waals surface area contributed by atoms with Crippen molar-refractivity contribution in [1.29, 1.82) is 0 Å². The number of carbonyl (C=O) groups is 1. The fourth-order valence-corrected chi connectivity index (χ4v) is 2.43. The highest BCUT2D eigenvalue weighted by molar-refractivity contribution is 5.94. The van der Waals surface area contributed by atoms with Crippen molar-refractivity contribution in [2.24, 2.45) is 0 Å². The Labute approximate surface area is 146 Å². The molecule has 0 fully saturated rings. The first-order valence-electron chi connectivity index (χ1n) is 8.01. The number of ether oxygens (including phenoxy) is 1. The molecule has 128 valence electrons. The molecular weight excluding hydrogens is 316 g/mol. The zero-order valence-corrected chi connectivity index (χ0v) is 14.4. The Bertz CT molecular complexity index is 871. The van der Waals surface area contributed by atoms with Crippen LogP contribution >= 0.6 is 0 Å². The van der Waals surface area contributed by atoms with E-state index in [4.69, 9.17) is 4.74 Å². The Hall–Kier alpha value is -3.15. The van der Waals surface area contributed by atoms with E-state index < -0.39 is 6.04 Å². The molecule has 1 unspecified atom stereocenters. The van der Waals surface area contributed by atoms with Crippen molar-refractivity contribution in [3.8, 4) is 17.0 Å². The predicted molar refractivity (Wildman–Crippen MR) is 96.5 cm³/mol. The van der Waals surface area contributed by atoms with Gasteiger partial charge in [-0.25, -0.2) is 4.68 Å². The molecule has 3 rings (SSSR count). The summed E-state index contributed by atoms with van der Waals surface area (Å²) in [6.07, 6.45) is 1.77. The minimum Gasteiger partial charge on any atom is -0.495 e. The maximum atomic E-state index is 12.5. The van der Waals surface area contributed by atoms with Crippen LogP contribution in [-0.2, 0) is 4.79 Å². The molecule has 1 atom stereocenters. The molecule has 0 aliphatic carbocycles. The first-order valence-corrected chi connectivity index (χ1v) is 8.01. The lowest BCUT2D eigenvalue weighted by atomic mass is 10.1. The lowest BCUT2D eigenvalue weighted by molar-refractivity contribution is -0.119. The second-order valence-electron chi connectivity index (χ2n) is 5.82. The lowest BCUT2D eigenvalue weighted by Crippen LogP contribution is -2.24. The van der Waals surface area contributed by atoms with E-state index in [2.05, 4.69) is 15.6 Å². The summed E-state index contributed by atoms with van der Waals surface area (Å²) in [4.78, 5) is 12.5. The number of benzene rings is 2. The SMILES string of the molecule is COc1ccccc1NC(=O)C(C)n1cc(-c2ccc(C)cc2)nn1. The first-order chi connectivity index (χ1) is 12.1. The standard InChI is InChI=1S/C19H20N4O2/c1-13-8-10-15(11-9-13)17-12-23(22-21-17)14(2)19(24)20-16-6-4-5-7-18(16)25-3/h4-12,14H,1-3H3,(H,20,24). The van der Waals surface area contributed by atoms with Gasteiger partial charge in [-0.2, -0.15) is 0 Å². The first kappa shape index (κ1) is 16.7. The maximum absolute atomic E-state index is 12.5. The van der Waals surface area contributed by atoms with E-state index in [1.165, 1.54) is 5.56 Å². The van der Waals surface area contributed by atoms with Gasteiger partial charge in [-0.05, 0) is 26.0 Å². The van der Waals surface area contributed by atoms with Gasteiger partial charge in [0.25, 0.3) is 0 Å². The number of carbonyl (C=O) groups excluding carboxylic acids is 1. The summed E-state index contributed by atoms with van der Waals surface area (Å²) < 4.78 is 6.81. The van der Waals surface area contributed by atoms with Crippen LogP contribution in [0.5, 0.6) is 5.75 Å². The quantitative estimate of drug-likeness (QED) is 0.775. The number of hydrogen-bond donors (Lipinski definition) is 1. The lowest BCUT2D eigenvalue weighted by Gasteiger charge is -2.14. The van der Waals surface area contributed by atoms with Gasteiger partial charge < -0.3 is 10.1 Å². The number of nitrogens with zero attached hydrogens (tertiary/aromatic N) is 3. The van der Waals surface area contributed by atoms with Crippen molar-refractivity contribution in [2.45, 2.75) is 19.9 Å². The van der Waals surface area contributed by atoms with Crippen LogP contribution in [0.2, 0.25) is 0 Å². The smallest absolute Gasteiger partial charge is 0.249 e. The summed E-state index contributed by atoms with van der Waals surface area (Å²) in [6, 6.07) is 14.8. The number of hydrogen-bond acceptors (Lipinski definition) is 4. The van der Waals surface area contributed by atoms with Crippen LogP contribution in [0, 0.1) is 6.92 Å². The van der Waals surface area contributed by atoms with E-state index in [0.29, 0.717) is 11.4 Å².